The van der Waals surface area contributed by atoms with Crippen LogP contribution in [0.15, 0.2) is 30.3 Å². The molecule has 0 fully saturated rings. The lowest BCUT2D eigenvalue weighted by atomic mass is 9.88. The molecular formula is C12H17IO. The molecule has 78 valence electrons. The van der Waals surface area contributed by atoms with Gasteiger partial charge in [-0.25, -0.2) is 0 Å². The van der Waals surface area contributed by atoms with Gasteiger partial charge in [0, 0.05) is 9.34 Å². The summed E-state index contributed by atoms with van der Waals surface area (Å²) in [5.74, 6) is 0.241. The zero-order chi connectivity index (χ0) is 10.8. The van der Waals surface area contributed by atoms with Gasteiger partial charge in [-0.3, -0.25) is 0 Å². The molecule has 0 aliphatic heterocycles. The highest BCUT2D eigenvalue weighted by atomic mass is 127. The first-order valence-corrected chi connectivity index (χ1v) is 5.92. The Balaban J connectivity index is 2.81. The molecule has 0 radical (unpaired) electrons. The van der Waals surface area contributed by atoms with E-state index in [2.05, 4.69) is 43.4 Å². The van der Waals surface area contributed by atoms with Crippen LogP contribution in [0.3, 0.4) is 0 Å². The molecule has 2 heteroatoms. The molecular weight excluding hydrogens is 287 g/mol. The normalized spacial score (nSPS) is 16.4. The molecule has 14 heavy (non-hydrogen) atoms. The monoisotopic (exact) mass is 304 g/mol. The molecule has 1 rings (SSSR count). The van der Waals surface area contributed by atoms with Gasteiger partial charge in [0.25, 0.3) is 0 Å². The average Bonchev–Trinajstić information content (AvgIpc) is 2.15. The van der Waals surface area contributed by atoms with Crippen molar-refractivity contribution in [3.05, 3.63) is 35.9 Å². The van der Waals surface area contributed by atoms with Crippen LogP contribution in [0.4, 0.5) is 0 Å². The molecule has 1 nitrogen and oxygen atoms in total. The van der Waals surface area contributed by atoms with E-state index >= 15 is 0 Å². The maximum Gasteiger partial charge on any atom is 0.0828 e. The van der Waals surface area contributed by atoms with Crippen LogP contribution in [0.25, 0.3) is 0 Å². The second kappa shape index (κ2) is 4.62. The van der Waals surface area contributed by atoms with Gasteiger partial charge < -0.3 is 5.11 Å². The van der Waals surface area contributed by atoms with Gasteiger partial charge in [0.15, 0.2) is 0 Å². The zero-order valence-corrected chi connectivity index (χ0v) is 11.0. The van der Waals surface area contributed by atoms with Gasteiger partial charge in [-0.1, -0.05) is 73.7 Å². The largest absolute Gasteiger partial charge is 0.388 e. The number of alkyl halides is 1. The van der Waals surface area contributed by atoms with Crippen LogP contribution in [0.5, 0.6) is 0 Å². The van der Waals surface area contributed by atoms with Gasteiger partial charge in [-0.05, 0) is 5.56 Å². The van der Waals surface area contributed by atoms with Crippen LogP contribution in [-0.2, 0) is 0 Å². The van der Waals surface area contributed by atoms with E-state index in [1.54, 1.807) is 0 Å². The van der Waals surface area contributed by atoms with Crippen molar-refractivity contribution >= 4 is 22.6 Å². The van der Waals surface area contributed by atoms with Crippen molar-refractivity contribution in [1.82, 2.24) is 0 Å². The zero-order valence-electron chi connectivity index (χ0n) is 8.87. The fraction of sp³-hybridized carbons (Fsp3) is 0.500. The molecule has 0 saturated carbocycles. The van der Waals surface area contributed by atoms with E-state index in [1.165, 1.54) is 0 Å². The minimum atomic E-state index is -0.372. The molecule has 0 heterocycles. The second-order valence-corrected chi connectivity index (χ2v) is 6.99. The van der Waals surface area contributed by atoms with E-state index in [0.29, 0.717) is 0 Å². The molecule has 0 aromatic heterocycles. The fourth-order valence-electron chi connectivity index (χ4n) is 1.31. The van der Waals surface area contributed by atoms with Crippen molar-refractivity contribution in [2.24, 2.45) is 5.92 Å². The molecule has 0 aliphatic rings. The molecule has 1 aromatic rings. The van der Waals surface area contributed by atoms with E-state index < -0.39 is 0 Å². The quantitative estimate of drug-likeness (QED) is 0.668. The van der Waals surface area contributed by atoms with E-state index in [-0.39, 0.29) is 15.4 Å². The Morgan fingerprint density at radius 2 is 1.71 bits per heavy atom. The molecule has 2 atom stereocenters. The third kappa shape index (κ3) is 2.95. The van der Waals surface area contributed by atoms with Gasteiger partial charge in [-0.15, -0.1) is 0 Å². The number of aliphatic hydroxyl groups excluding tert-OH is 1. The van der Waals surface area contributed by atoms with Crippen molar-refractivity contribution in [3.8, 4) is 0 Å². The second-order valence-electron chi connectivity index (χ2n) is 4.21. The lowest BCUT2D eigenvalue weighted by molar-refractivity contribution is 0.105. The highest BCUT2D eigenvalue weighted by Gasteiger charge is 2.29. The molecule has 2 unspecified atom stereocenters. The lowest BCUT2D eigenvalue weighted by Gasteiger charge is -2.30. The number of rotatable bonds is 3. The summed E-state index contributed by atoms with van der Waals surface area (Å²) >= 11 is 2.38. The minimum Gasteiger partial charge on any atom is -0.388 e. The average molecular weight is 304 g/mol. The summed E-state index contributed by atoms with van der Waals surface area (Å²) in [6.45, 7) is 6.37. The van der Waals surface area contributed by atoms with Crippen LogP contribution in [0.2, 0.25) is 0 Å². The molecule has 0 amide bonds. The van der Waals surface area contributed by atoms with Crippen molar-refractivity contribution in [2.45, 2.75) is 30.3 Å². The fourth-order valence-corrected chi connectivity index (χ4v) is 1.65. The first-order chi connectivity index (χ1) is 6.43. The highest BCUT2D eigenvalue weighted by Crippen LogP contribution is 2.36. The molecule has 0 saturated heterocycles. The Kier molecular flexibility index (Phi) is 3.95. The van der Waals surface area contributed by atoms with Crippen LogP contribution >= 0.6 is 22.6 Å². The van der Waals surface area contributed by atoms with Gasteiger partial charge in [0.2, 0.25) is 0 Å². The maximum absolute atomic E-state index is 10.1. The molecule has 1 aromatic carbocycles. The molecule has 0 aliphatic carbocycles. The number of hydrogen-bond acceptors (Lipinski definition) is 1. The Bertz CT molecular complexity index is 276. The first-order valence-electron chi connectivity index (χ1n) is 4.85. The third-order valence-corrected chi connectivity index (χ3v) is 3.68. The van der Waals surface area contributed by atoms with E-state index in [1.807, 2.05) is 30.3 Å². The summed E-state index contributed by atoms with van der Waals surface area (Å²) in [4.78, 5) is 0. The van der Waals surface area contributed by atoms with Gasteiger partial charge in [-0.2, -0.15) is 0 Å². The summed E-state index contributed by atoms with van der Waals surface area (Å²) in [6, 6.07) is 9.85. The Morgan fingerprint density at radius 1 is 1.21 bits per heavy atom. The molecule has 0 spiro atoms. The predicted molar refractivity (Wildman–Crippen MR) is 68.7 cm³/mol. The highest BCUT2D eigenvalue weighted by molar-refractivity contribution is 14.1. The maximum atomic E-state index is 10.1. The van der Waals surface area contributed by atoms with Crippen molar-refractivity contribution in [3.63, 3.8) is 0 Å². The van der Waals surface area contributed by atoms with Gasteiger partial charge in [0.1, 0.15) is 0 Å². The summed E-state index contributed by atoms with van der Waals surface area (Å²) < 4.78 is 0.104. The van der Waals surface area contributed by atoms with E-state index in [9.17, 15) is 5.11 Å². The van der Waals surface area contributed by atoms with E-state index in [4.69, 9.17) is 0 Å². The summed E-state index contributed by atoms with van der Waals surface area (Å²) in [6.07, 6.45) is -0.372. The number of benzene rings is 1. The number of halogens is 1. The molecule has 1 N–H and O–H groups in total. The standard InChI is InChI=1S/C12H17IO/c1-9(12(2,3)13)11(14)10-7-5-4-6-8-10/h4-9,11,14H,1-3H3. The molecule has 0 bridgehead atoms. The van der Waals surface area contributed by atoms with Crippen LogP contribution in [0, 0.1) is 5.92 Å². The SMILES string of the molecule is CC(C(O)c1ccccc1)C(C)(C)I. The van der Waals surface area contributed by atoms with Crippen LogP contribution in [0.1, 0.15) is 32.4 Å². The van der Waals surface area contributed by atoms with E-state index in [0.717, 1.165) is 5.56 Å². The smallest absolute Gasteiger partial charge is 0.0828 e. The van der Waals surface area contributed by atoms with Gasteiger partial charge in [0.05, 0.1) is 6.10 Å². The minimum absolute atomic E-state index is 0.104. The Hall–Kier alpha value is -0.0900. The van der Waals surface area contributed by atoms with Crippen molar-refractivity contribution in [2.75, 3.05) is 0 Å². The van der Waals surface area contributed by atoms with Gasteiger partial charge >= 0.3 is 0 Å². The summed E-state index contributed by atoms with van der Waals surface area (Å²) in [7, 11) is 0. The summed E-state index contributed by atoms with van der Waals surface area (Å²) in [5, 5.41) is 10.1. The van der Waals surface area contributed by atoms with Crippen LogP contribution < -0.4 is 0 Å². The number of hydrogen-bond donors (Lipinski definition) is 1. The predicted octanol–water partition coefficient (Wildman–Crippen LogP) is 3.57. The Labute approximate surface area is 99.7 Å². The third-order valence-electron chi connectivity index (χ3n) is 2.70. The van der Waals surface area contributed by atoms with Crippen molar-refractivity contribution in [1.29, 1.82) is 0 Å². The van der Waals surface area contributed by atoms with Crippen molar-refractivity contribution < 1.29 is 5.11 Å². The number of aliphatic hydroxyl groups is 1. The lowest BCUT2D eigenvalue weighted by Crippen LogP contribution is -2.27. The topological polar surface area (TPSA) is 20.2 Å². The summed E-state index contributed by atoms with van der Waals surface area (Å²) in [5.41, 5.74) is 1.00. The first kappa shape index (κ1) is 12.0. The van der Waals surface area contributed by atoms with Crippen LogP contribution in [-0.4, -0.2) is 8.53 Å². The Morgan fingerprint density at radius 3 is 2.14 bits per heavy atom.